The van der Waals surface area contributed by atoms with Gasteiger partial charge in [0.2, 0.25) is 0 Å². The second kappa shape index (κ2) is 6.22. The van der Waals surface area contributed by atoms with E-state index in [-0.39, 0.29) is 5.91 Å². The Balaban J connectivity index is 2.42. The van der Waals surface area contributed by atoms with Gasteiger partial charge in [0.05, 0.1) is 16.7 Å². The number of hydrogen-bond donors (Lipinski definition) is 0. The molecule has 4 nitrogen and oxygen atoms in total. The van der Waals surface area contributed by atoms with Gasteiger partial charge in [-0.25, -0.2) is 0 Å². The van der Waals surface area contributed by atoms with Crippen LogP contribution in [0.5, 0.6) is 5.75 Å². The van der Waals surface area contributed by atoms with Crippen molar-refractivity contribution >= 4 is 52.5 Å². The molecule has 0 unspecified atom stereocenters. The van der Waals surface area contributed by atoms with Crippen molar-refractivity contribution in [3.63, 3.8) is 0 Å². The summed E-state index contributed by atoms with van der Waals surface area (Å²) in [5, 5.41) is 1.26. The molecule has 21 heavy (non-hydrogen) atoms. The van der Waals surface area contributed by atoms with Crippen molar-refractivity contribution in [2.45, 2.75) is 6.92 Å². The lowest BCUT2D eigenvalue weighted by molar-refractivity contribution is -0.121. The van der Waals surface area contributed by atoms with Crippen molar-refractivity contribution in [2.24, 2.45) is 0 Å². The van der Waals surface area contributed by atoms with E-state index in [0.29, 0.717) is 38.8 Å². The lowest BCUT2D eigenvalue weighted by atomic mass is 10.1. The van der Waals surface area contributed by atoms with E-state index < -0.39 is 0 Å². The molecule has 0 spiro atoms. The van der Waals surface area contributed by atoms with Gasteiger partial charge in [0, 0.05) is 14.1 Å². The number of thiocarbonyl (C=S) groups is 1. The monoisotopic (exact) mass is 344 g/mol. The van der Waals surface area contributed by atoms with Gasteiger partial charge in [-0.2, -0.15) is 0 Å². The van der Waals surface area contributed by atoms with Crippen LogP contribution in [0.1, 0.15) is 12.5 Å². The molecular weight excluding hydrogens is 331 g/mol. The zero-order valence-electron chi connectivity index (χ0n) is 11.8. The van der Waals surface area contributed by atoms with E-state index in [1.54, 1.807) is 37.2 Å². The van der Waals surface area contributed by atoms with E-state index >= 15 is 0 Å². The van der Waals surface area contributed by atoms with Crippen LogP contribution >= 0.6 is 35.4 Å². The standard InChI is InChI=1S/C14H14Cl2N2O2S/c1-4-20-12-9(15)5-8(6-10(12)16)7-11-13(19)18(3)14(21)17(11)2/h5-7H,4H2,1-3H3. The molecule has 0 bridgehead atoms. The second-order valence-corrected chi connectivity index (χ2v) is 5.66. The van der Waals surface area contributed by atoms with Crippen molar-refractivity contribution in [1.29, 1.82) is 0 Å². The van der Waals surface area contributed by atoms with E-state index in [0.717, 1.165) is 0 Å². The molecular formula is C14H14Cl2N2O2S. The highest BCUT2D eigenvalue weighted by Crippen LogP contribution is 2.35. The molecule has 1 aliphatic rings. The fraction of sp³-hybridized carbons (Fsp3) is 0.286. The number of nitrogens with zero attached hydrogens (tertiary/aromatic N) is 2. The zero-order chi connectivity index (χ0) is 15.7. The molecule has 0 atom stereocenters. The van der Waals surface area contributed by atoms with Crippen molar-refractivity contribution in [1.82, 2.24) is 9.80 Å². The van der Waals surface area contributed by atoms with Gasteiger partial charge in [0.25, 0.3) is 5.91 Å². The Bertz CT molecular complexity index is 623. The average Bonchev–Trinajstić information content (AvgIpc) is 2.61. The van der Waals surface area contributed by atoms with Gasteiger partial charge in [0.1, 0.15) is 5.70 Å². The van der Waals surface area contributed by atoms with Crippen LogP contribution in [-0.4, -0.2) is 41.5 Å². The molecule has 0 saturated carbocycles. The Labute approximate surface area is 138 Å². The lowest BCUT2D eigenvalue weighted by Crippen LogP contribution is -2.26. The fourth-order valence-corrected chi connectivity index (χ4v) is 2.79. The zero-order valence-corrected chi connectivity index (χ0v) is 14.1. The predicted molar refractivity (Wildman–Crippen MR) is 88.7 cm³/mol. The molecule has 1 saturated heterocycles. The third-order valence-corrected chi connectivity index (χ3v) is 4.18. The number of ether oxygens (including phenoxy) is 1. The van der Waals surface area contributed by atoms with Crippen molar-refractivity contribution in [2.75, 3.05) is 20.7 Å². The SMILES string of the molecule is CCOc1c(Cl)cc(C=C2C(=O)N(C)C(=S)N2C)cc1Cl. The highest BCUT2D eigenvalue weighted by atomic mass is 35.5. The first kappa shape index (κ1) is 16.1. The number of hydrogen-bond acceptors (Lipinski definition) is 3. The molecule has 2 rings (SSSR count). The van der Waals surface area contributed by atoms with Crippen molar-refractivity contribution in [3.8, 4) is 5.75 Å². The Kier molecular flexibility index (Phi) is 4.76. The van der Waals surface area contributed by atoms with Crippen LogP contribution in [0.3, 0.4) is 0 Å². The molecule has 1 aliphatic heterocycles. The fourth-order valence-electron chi connectivity index (χ4n) is 1.99. The first-order valence-electron chi connectivity index (χ1n) is 6.26. The van der Waals surface area contributed by atoms with E-state index in [1.165, 1.54) is 4.90 Å². The average molecular weight is 345 g/mol. The van der Waals surface area contributed by atoms with Crippen LogP contribution in [0.25, 0.3) is 6.08 Å². The van der Waals surface area contributed by atoms with E-state index in [9.17, 15) is 4.79 Å². The van der Waals surface area contributed by atoms with E-state index in [4.69, 9.17) is 40.2 Å². The van der Waals surface area contributed by atoms with Crippen molar-refractivity contribution in [3.05, 3.63) is 33.4 Å². The summed E-state index contributed by atoms with van der Waals surface area (Å²) in [6, 6.07) is 3.40. The Morgan fingerprint density at radius 3 is 2.24 bits per heavy atom. The predicted octanol–water partition coefficient (Wildman–Crippen LogP) is 3.42. The third-order valence-electron chi connectivity index (χ3n) is 3.07. The topological polar surface area (TPSA) is 32.8 Å². The summed E-state index contributed by atoms with van der Waals surface area (Å²) in [5.74, 6) is 0.283. The van der Waals surface area contributed by atoms with Gasteiger partial charge in [-0.05, 0) is 42.9 Å². The van der Waals surface area contributed by atoms with Gasteiger partial charge < -0.3 is 9.64 Å². The molecule has 0 radical (unpaired) electrons. The van der Waals surface area contributed by atoms with Gasteiger partial charge >= 0.3 is 0 Å². The number of halogens is 2. The molecule has 1 heterocycles. The maximum atomic E-state index is 12.1. The van der Waals surface area contributed by atoms with Crippen LogP contribution < -0.4 is 4.74 Å². The van der Waals surface area contributed by atoms with E-state index in [1.807, 2.05) is 6.92 Å². The van der Waals surface area contributed by atoms with Crippen LogP contribution in [0.15, 0.2) is 17.8 Å². The Morgan fingerprint density at radius 2 is 1.81 bits per heavy atom. The molecule has 1 amide bonds. The highest BCUT2D eigenvalue weighted by molar-refractivity contribution is 7.80. The summed E-state index contributed by atoms with van der Waals surface area (Å²) in [4.78, 5) is 15.2. The van der Waals surface area contributed by atoms with Crippen LogP contribution in [0.2, 0.25) is 10.0 Å². The first-order valence-corrected chi connectivity index (χ1v) is 7.42. The molecule has 0 aromatic heterocycles. The van der Waals surface area contributed by atoms with Crippen LogP contribution in [0.4, 0.5) is 0 Å². The number of likely N-dealkylation sites (N-methyl/N-ethyl adjacent to an activating group) is 2. The number of benzene rings is 1. The van der Waals surface area contributed by atoms with Crippen LogP contribution in [-0.2, 0) is 4.79 Å². The maximum Gasteiger partial charge on any atom is 0.276 e. The Hall–Kier alpha value is -1.30. The summed E-state index contributed by atoms with van der Waals surface area (Å²) in [7, 11) is 3.38. The second-order valence-electron chi connectivity index (χ2n) is 4.48. The maximum absolute atomic E-state index is 12.1. The summed E-state index contributed by atoms with van der Waals surface area (Å²) in [6.07, 6.45) is 1.70. The minimum atomic E-state index is -0.163. The number of rotatable bonds is 3. The highest BCUT2D eigenvalue weighted by Gasteiger charge is 2.32. The van der Waals surface area contributed by atoms with Gasteiger partial charge in [0.15, 0.2) is 10.9 Å². The summed E-state index contributed by atoms with van der Waals surface area (Å²) in [6.45, 7) is 2.33. The smallest absolute Gasteiger partial charge is 0.276 e. The first-order chi connectivity index (χ1) is 9.86. The summed E-state index contributed by atoms with van der Waals surface area (Å²) < 4.78 is 5.38. The molecule has 1 aromatic rings. The van der Waals surface area contributed by atoms with Crippen molar-refractivity contribution < 1.29 is 9.53 Å². The lowest BCUT2D eigenvalue weighted by Gasteiger charge is -2.12. The molecule has 1 fully saturated rings. The van der Waals surface area contributed by atoms with Gasteiger partial charge in [-0.3, -0.25) is 9.69 Å². The van der Waals surface area contributed by atoms with Gasteiger partial charge in [-0.1, -0.05) is 23.2 Å². The van der Waals surface area contributed by atoms with Crippen LogP contribution in [0, 0.1) is 0 Å². The van der Waals surface area contributed by atoms with E-state index in [2.05, 4.69) is 0 Å². The molecule has 7 heteroatoms. The molecule has 0 aliphatic carbocycles. The summed E-state index contributed by atoms with van der Waals surface area (Å²) in [5.41, 5.74) is 1.18. The number of amides is 1. The van der Waals surface area contributed by atoms with Gasteiger partial charge in [-0.15, -0.1) is 0 Å². The minimum Gasteiger partial charge on any atom is -0.491 e. The third kappa shape index (κ3) is 3.00. The largest absolute Gasteiger partial charge is 0.491 e. The minimum absolute atomic E-state index is 0.163. The summed E-state index contributed by atoms with van der Waals surface area (Å²) >= 11 is 17.5. The number of carbonyl (C=O) groups excluding carboxylic acids is 1. The molecule has 1 aromatic carbocycles. The Morgan fingerprint density at radius 1 is 1.24 bits per heavy atom. The quantitative estimate of drug-likeness (QED) is 0.621. The molecule has 112 valence electrons. The normalized spacial score (nSPS) is 17.1. The molecule has 0 N–H and O–H groups in total. The number of carbonyl (C=O) groups is 1.